The molecule has 2 heterocycles. The number of Topliss-reactive ketones (excluding diaryl/α,β-unsaturated/α-hetero) is 1. The summed E-state index contributed by atoms with van der Waals surface area (Å²) in [6.07, 6.45) is 5.42. The minimum absolute atomic E-state index is 0.196. The van der Waals surface area contributed by atoms with E-state index in [4.69, 9.17) is 0 Å². The Morgan fingerprint density at radius 2 is 1.96 bits per heavy atom. The zero-order valence-corrected chi connectivity index (χ0v) is 14.1. The molecule has 0 atom stereocenters. The minimum atomic E-state index is -0.377. The maximum Gasteiger partial charge on any atom is 0.295 e. The van der Waals surface area contributed by atoms with E-state index in [1.165, 1.54) is 17.8 Å². The molecule has 0 aliphatic carbocycles. The van der Waals surface area contributed by atoms with Crippen LogP contribution < -0.4 is 10.9 Å². The van der Waals surface area contributed by atoms with Crippen LogP contribution in [0.15, 0.2) is 59.8 Å². The summed E-state index contributed by atoms with van der Waals surface area (Å²) in [6, 6.07) is 11.1. The standard InChI is InChI=1S/C19H18N4O2/c1-3-14-7-4-5-9-17(14)23-19(25)18(16(12-21-23)13(2)24)22-15-8-6-10-20-11-15/h4-12,22H,3H2,1-2H3. The third-order valence-electron chi connectivity index (χ3n) is 3.89. The van der Waals surface area contributed by atoms with Gasteiger partial charge in [-0.25, -0.2) is 0 Å². The van der Waals surface area contributed by atoms with Crippen LogP contribution in [0.3, 0.4) is 0 Å². The van der Waals surface area contributed by atoms with Crippen molar-refractivity contribution in [1.82, 2.24) is 14.8 Å². The molecule has 2 aromatic heterocycles. The number of pyridine rings is 1. The van der Waals surface area contributed by atoms with Crippen molar-refractivity contribution in [1.29, 1.82) is 0 Å². The summed E-state index contributed by atoms with van der Waals surface area (Å²) in [5.74, 6) is -0.230. The lowest BCUT2D eigenvalue weighted by Gasteiger charge is -2.14. The Balaban J connectivity index is 2.19. The highest BCUT2D eigenvalue weighted by Gasteiger charge is 2.17. The number of ketones is 1. The lowest BCUT2D eigenvalue weighted by atomic mass is 10.1. The minimum Gasteiger partial charge on any atom is -0.349 e. The van der Waals surface area contributed by atoms with Crippen molar-refractivity contribution >= 4 is 17.2 Å². The average Bonchev–Trinajstić information content (AvgIpc) is 2.64. The molecule has 0 unspecified atom stereocenters. The van der Waals surface area contributed by atoms with E-state index >= 15 is 0 Å². The molecule has 25 heavy (non-hydrogen) atoms. The first-order chi connectivity index (χ1) is 12.1. The Labute approximate surface area is 145 Å². The van der Waals surface area contributed by atoms with E-state index in [9.17, 15) is 9.59 Å². The summed E-state index contributed by atoms with van der Waals surface area (Å²) >= 11 is 0. The van der Waals surface area contributed by atoms with Gasteiger partial charge in [0, 0.05) is 6.20 Å². The fourth-order valence-electron chi connectivity index (χ4n) is 2.61. The Morgan fingerprint density at radius 1 is 1.16 bits per heavy atom. The van der Waals surface area contributed by atoms with Gasteiger partial charge in [0.15, 0.2) is 5.78 Å². The monoisotopic (exact) mass is 334 g/mol. The van der Waals surface area contributed by atoms with Crippen molar-refractivity contribution in [3.8, 4) is 5.69 Å². The van der Waals surface area contributed by atoms with Crippen LogP contribution in [0.1, 0.15) is 29.8 Å². The number of carbonyl (C=O) groups excluding carboxylic acids is 1. The third-order valence-corrected chi connectivity index (χ3v) is 3.89. The normalized spacial score (nSPS) is 10.5. The molecule has 0 saturated carbocycles. The van der Waals surface area contributed by atoms with E-state index in [2.05, 4.69) is 15.4 Å². The lowest BCUT2D eigenvalue weighted by Crippen LogP contribution is -2.26. The van der Waals surface area contributed by atoms with Gasteiger partial charge in [-0.2, -0.15) is 9.78 Å². The molecule has 0 fully saturated rings. The first-order valence-corrected chi connectivity index (χ1v) is 8.00. The molecule has 0 bridgehead atoms. The van der Waals surface area contributed by atoms with E-state index in [1.807, 2.05) is 31.2 Å². The molecular formula is C19H18N4O2. The number of para-hydroxylation sites is 1. The van der Waals surface area contributed by atoms with Crippen LogP contribution in [-0.2, 0) is 6.42 Å². The second-order valence-electron chi connectivity index (χ2n) is 5.56. The zero-order chi connectivity index (χ0) is 17.8. The number of carbonyl (C=O) groups is 1. The molecule has 0 aliphatic rings. The summed E-state index contributed by atoms with van der Waals surface area (Å²) in [5, 5.41) is 7.22. The van der Waals surface area contributed by atoms with Gasteiger partial charge < -0.3 is 5.32 Å². The molecule has 0 spiro atoms. The fraction of sp³-hybridized carbons (Fsp3) is 0.158. The molecule has 0 amide bonds. The molecule has 126 valence electrons. The average molecular weight is 334 g/mol. The van der Waals surface area contributed by atoms with Gasteiger partial charge in [0.25, 0.3) is 5.56 Å². The maximum atomic E-state index is 13.0. The first kappa shape index (κ1) is 16.6. The molecule has 6 nitrogen and oxygen atoms in total. The second kappa shape index (κ2) is 7.09. The maximum absolute atomic E-state index is 13.0. The van der Waals surface area contributed by atoms with E-state index < -0.39 is 0 Å². The molecule has 3 rings (SSSR count). The first-order valence-electron chi connectivity index (χ1n) is 8.00. The number of anilines is 2. The summed E-state index contributed by atoms with van der Waals surface area (Å²) < 4.78 is 1.32. The molecule has 3 aromatic rings. The predicted octanol–water partition coefficient (Wildman–Crippen LogP) is 3.14. The Bertz CT molecular complexity index is 965. The number of aryl methyl sites for hydroxylation is 1. The molecule has 1 N–H and O–H groups in total. The van der Waals surface area contributed by atoms with Gasteiger partial charge in [0.2, 0.25) is 0 Å². The third kappa shape index (κ3) is 3.33. The number of rotatable bonds is 5. The molecule has 0 radical (unpaired) electrons. The van der Waals surface area contributed by atoms with Crippen molar-refractivity contribution in [2.45, 2.75) is 20.3 Å². The number of aromatic nitrogens is 3. The molecule has 6 heteroatoms. The van der Waals surface area contributed by atoms with Crippen molar-refractivity contribution in [3.05, 3.63) is 76.5 Å². The van der Waals surface area contributed by atoms with Gasteiger partial charge >= 0.3 is 0 Å². The van der Waals surface area contributed by atoms with E-state index in [1.54, 1.807) is 24.5 Å². The lowest BCUT2D eigenvalue weighted by molar-refractivity contribution is 0.101. The topological polar surface area (TPSA) is 76.9 Å². The van der Waals surface area contributed by atoms with Gasteiger partial charge in [0.05, 0.1) is 29.3 Å². The van der Waals surface area contributed by atoms with Crippen LogP contribution in [0.2, 0.25) is 0 Å². The number of benzene rings is 1. The van der Waals surface area contributed by atoms with E-state index in [0.717, 1.165) is 12.0 Å². The van der Waals surface area contributed by atoms with Gasteiger partial charge in [-0.05, 0) is 37.1 Å². The van der Waals surface area contributed by atoms with Gasteiger partial charge in [-0.15, -0.1) is 0 Å². The second-order valence-corrected chi connectivity index (χ2v) is 5.56. The van der Waals surface area contributed by atoms with Crippen LogP contribution in [-0.4, -0.2) is 20.5 Å². The van der Waals surface area contributed by atoms with Crippen LogP contribution in [0.5, 0.6) is 0 Å². The quantitative estimate of drug-likeness (QED) is 0.725. The molecule has 0 aliphatic heterocycles. The number of hydrogen-bond acceptors (Lipinski definition) is 5. The highest BCUT2D eigenvalue weighted by Crippen LogP contribution is 2.18. The molecule has 0 saturated heterocycles. The van der Waals surface area contributed by atoms with Gasteiger partial charge in [-0.1, -0.05) is 25.1 Å². The summed E-state index contributed by atoms with van der Waals surface area (Å²) in [4.78, 5) is 29.0. The van der Waals surface area contributed by atoms with Crippen LogP contribution >= 0.6 is 0 Å². The summed E-state index contributed by atoms with van der Waals surface area (Å²) in [7, 11) is 0. The fourth-order valence-corrected chi connectivity index (χ4v) is 2.61. The van der Waals surface area contributed by atoms with Gasteiger partial charge in [0.1, 0.15) is 5.69 Å². The SMILES string of the molecule is CCc1ccccc1-n1ncc(C(C)=O)c(Nc2cccnc2)c1=O. The Hall–Kier alpha value is -3.28. The number of hydrogen-bond donors (Lipinski definition) is 1. The zero-order valence-electron chi connectivity index (χ0n) is 14.1. The largest absolute Gasteiger partial charge is 0.349 e. The summed E-state index contributed by atoms with van der Waals surface area (Å²) in [6.45, 7) is 3.43. The molecule has 1 aromatic carbocycles. The van der Waals surface area contributed by atoms with Crippen molar-refractivity contribution in [2.24, 2.45) is 0 Å². The van der Waals surface area contributed by atoms with E-state index in [-0.39, 0.29) is 22.6 Å². The number of nitrogens with one attached hydrogen (secondary N) is 1. The number of nitrogens with zero attached hydrogens (tertiary/aromatic N) is 3. The van der Waals surface area contributed by atoms with Crippen LogP contribution in [0.4, 0.5) is 11.4 Å². The van der Waals surface area contributed by atoms with Crippen molar-refractivity contribution < 1.29 is 4.79 Å². The molecular weight excluding hydrogens is 316 g/mol. The Kier molecular flexibility index (Phi) is 4.70. The predicted molar refractivity (Wildman–Crippen MR) is 96.7 cm³/mol. The van der Waals surface area contributed by atoms with Crippen LogP contribution in [0.25, 0.3) is 5.69 Å². The smallest absolute Gasteiger partial charge is 0.295 e. The van der Waals surface area contributed by atoms with E-state index in [0.29, 0.717) is 11.4 Å². The van der Waals surface area contributed by atoms with Gasteiger partial charge in [-0.3, -0.25) is 14.6 Å². The van der Waals surface area contributed by atoms with Crippen LogP contribution in [0, 0.1) is 0 Å². The Morgan fingerprint density at radius 3 is 2.64 bits per heavy atom. The highest BCUT2D eigenvalue weighted by molar-refractivity contribution is 5.99. The van der Waals surface area contributed by atoms with Crippen molar-refractivity contribution in [3.63, 3.8) is 0 Å². The highest BCUT2D eigenvalue weighted by atomic mass is 16.1. The summed E-state index contributed by atoms with van der Waals surface area (Å²) in [5.41, 5.74) is 2.40. The van der Waals surface area contributed by atoms with Crippen molar-refractivity contribution in [2.75, 3.05) is 5.32 Å².